The second-order valence-electron chi connectivity index (χ2n) is 6.51. The molecular formula is C16H34N2O2. The van der Waals surface area contributed by atoms with Crippen LogP contribution in [0.15, 0.2) is 0 Å². The number of carbonyl (C=O) groups is 1. The highest BCUT2D eigenvalue weighted by atomic mass is 16.6. The molecule has 4 nitrogen and oxygen atoms in total. The number of alkyl carbamates (subject to hydrolysis) is 1. The predicted molar refractivity (Wildman–Crippen MR) is 85.1 cm³/mol. The largest absolute Gasteiger partial charge is 0.444 e. The van der Waals surface area contributed by atoms with Crippen LogP contribution in [0.4, 0.5) is 4.79 Å². The van der Waals surface area contributed by atoms with Gasteiger partial charge in [0.15, 0.2) is 0 Å². The fourth-order valence-electron chi connectivity index (χ4n) is 1.88. The molecule has 1 unspecified atom stereocenters. The number of amides is 1. The molecule has 1 amide bonds. The topological polar surface area (TPSA) is 50.4 Å². The highest BCUT2D eigenvalue weighted by molar-refractivity contribution is 5.67. The van der Waals surface area contributed by atoms with Gasteiger partial charge in [-0.05, 0) is 40.7 Å². The maximum Gasteiger partial charge on any atom is 0.407 e. The summed E-state index contributed by atoms with van der Waals surface area (Å²) in [4.78, 5) is 11.5. The monoisotopic (exact) mass is 286 g/mol. The van der Waals surface area contributed by atoms with Gasteiger partial charge in [-0.25, -0.2) is 4.79 Å². The van der Waals surface area contributed by atoms with E-state index in [4.69, 9.17) is 4.74 Å². The molecule has 0 spiro atoms. The second-order valence-corrected chi connectivity index (χ2v) is 6.51. The molecule has 2 N–H and O–H groups in total. The molecule has 0 aliphatic heterocycles. The van der Waals surface area contributed by atoms with E-state index in [9.17, 15) is 4.79 Å². The first kappa shape index (κ1) is 19.2. The molecule has 0 saturated heterocycles. The molecule has 0 rings (SSSR count). The van der Waals surface area contributed by atoms with Gasteiger partial charge in [0.05, 0.1) is 0 Å². The number of rotatable bonds is 10. The van der Waals surface area contributed by atoms with E-state index in [0.29, 0.717) is 6.54 Å². The lowest BCUT2D eigenvalue weighted by molar-refractivity contribution is 0.0523. The summed E-state index contributed by atoms with van der Waals surface area (Å²) in [6, 6.07) is 0.276. The van der Waals surface area contributed by atoms with Gasteiger partial charge < -0.3 is 15.4 Å². The van der Waals surface area contributed by atoms with Crippen molar-refractivity contribution >= 4 is 6.09 Å². The summed E-state index contributed by atoms with van der Waals surface area (Å²) in [5.74, 6) is 0. The summed E-state index contributed by atoms with van der Waals surface area (Å²) < 4.78 is 5.19. The Morgan fingerprint density at radius 3 is 2.30 bits per heavy atom. The molecule has 0 bridgehead atoms. The Morgan fingerprint density at radius 2 is 1.70 bits per heavy atom. The van der Waals surface area contributed by atoms with E-state index in [0.717, 1.165) is 6.54 Å². The Labute approximate surface area is 125 Å². The number of unbranched alkanes of at least 4 members (excludes halogenated alkanes) is 5. The first-order valence-corrected chi connectivity index (χ1v) is 8.05. The molecule has 0 aliphatic rings. The molecular weight excluding hydrogens is 252 g/mol. The Kier molecular flexibility index (Phi) is 10.5. The van der Waals surface area contributed by atoms with E-state index >= 15 is 0 Å². The molecule has 0 aliphatic carbocycles. The van der Waals surface area contributed by atoms with Crippen molar-refractivity contribution in [1.29, 1.82) is 0 Å². The zero-order valence-electron chi connectivity index (χ0n) is 14.1. The summed E-state index contributed by atoms with van der Waals surface area (Å²) in [5.41, 5.74) is -0.431. The second kappa shape index (κ2) is 11.0. The van der Waals surface area contributed by atoms with Crippen LogP contribution in [0, 0.1) is 0 Å². The Balaban J connectivity index is 3.45. The maximum absolute atomic E-state index is 11.5. The van der Waals surface area contributed by atoms with Crippen molar-refractivity contribution in [3.63, 3.8) is 0 Å². The van der Waals surface area contributed by atoms with Crippen LogP contribution in [0.2, 0.25) is 0 Å². The molecule has 4 heteroatoms. The van der Waals surface area contributed by atoms with Gasteiger partial charge in [-0.1, -0.05) is 39.0 Å². The van der Waals surface area contributed by atoms with Crippen molar-refractivity contribution in [2.24, 2.45) is 0 Å². The van der Waals surface area contributed by atoms with Crippen LogP contribution >= 0.6 is 0 Å². The van der Waals surface area contributed by atoms with Crippen molar-refractivity contribution in [3.05, 3.63) is 0 Å². The van der Waals surface area contributed by atoms with Gasteiger partial charge in [0.2, 0.25) is 0 Å². The molecule has 1 atom stereocenters. The van der Waals surface area contributed by atoms with Crippen molar-refractivity contribution < 1.29 is 9.53 Å². The smallest absolute Gasteiger partial charge is 0.407 e. The maximum atomic E-state index is 11.5. The van der Waals surface area contributed by atoms with Crippen LogP contribution in [-0.2, 0) is 4.74 Å². The fraction of sp³-hybridized carbons (Fsp3) is 0.938. The average Bonchev–Trinajstić information content (AvgIpc) is 2.33. The van der Waals surface area contributed by atoms with E-state index in [1.807, 2.05) is 20.8 Å². The van der Waals surface area contributed by atoms with Gasteiger partial charge in [-0.2, -0.15) is 0 Å². The standard InChI is InChI=1S/C16H34N2O2/c1-6-7-8-9-10-11-12-17-14(2)13-18-15(19)20-16(3,4)5/h14,17H,6-13H2,1-5H3,(H,18,19). The molecule has 0 aromatic heterocycles. The summed E-state index contributed by atoms with van der Waals surface area (Å²) in [5, 5.41) is 6.21. The first-order chi connectivity index (χ1) is 9.35. The van der Waals surface area contributed by atoms with Gasteiger partial charge in [0.1, 0.15) is 5.60 Å². The average molecular weight is 286 g/mol. The number of hydrogen-bond donors (Lipinski definition) is 2. The zero-order valence-corrected chi connectivity index (χ0v) is 14.1. The van der Waals surface area contributed by atoms with E-state index < -0.39 is 5.60 Å². The third-order valence-electron chi connectivity index (χ3n) is 2.97. The lowest BCUT2D eigenvalue weighted by Gasteiger charge is -2.21. The SMILES string of the molecule is CCCCCCCCNC(C)CNC(=O)OC(C)(C)C. The Bertz CT molecular complexity index is 249. The van der Waals surface area contributed by atoms with E-state index in [-0.39, 0.29) is 12.1 Å². The van der Waals surface area contributed by atoms with Gasteiger partial charge in [0, 0.05) is 12.6 Å². The molecule has 0 aromatic rings. The lowest BCUT2D eigenvalue weighted by atomic mass is 10.1. The molecule has 120 valence electrons. The number of nitrogens with one attached hydrogen (secondary N) is 2. The Hall–Kier alpha value is -0.770. The van der Waals surface area contributed by atoms with Crippen molar-refractivity contribution in [1.82, 2.24) is 10.6 Å². The summed E-state index contributed by atoms with van der Waals surface area (Å²) >= 11 is 0. The molecule has 0 heterocycles. The van der Waals surface area contributed by atoms with Crippen LogP contribution in [0.1, 0.15) is 73.1 Å². The minimum Gasteiger partial charge on any atom is -0.444 e. The molecule has 0 aromatic carbocycles. The van der Waals surface area contributed by atoms with E-state index in [1.54, 1.807) is 0 Å². The first-order valence-electron chi connectivity index (χ1n) is 8.05. The van der Waals surface area contributed by atoms with Crippen LogP contribution in [0.25, 0.3) is 0 Å². The number of ether oxygens (including phenoxy) is 1. The Morgan fingerprint density at radius 1 is 1.10 bits per heavy atom. The molecule has 20 heavy (non-hydrogen) atoms. The number of carbonyl (C=O) groups excluding carboxylic acids is 1. The third-order valence-corrected chi connectivity index (χ3v) is 2.97. The highest BCUT2D eigenvalue weighted by Gasteiger charge is 2.16. The van der Waals surface area contributed by atoms with Crippen molar-refractivity contribution in [2.75, 3.05) is 13.1 Å². The van der Waals surface area contributed by atoms with Crippen LogP contribution in [0.5, 0.6) is 0 Å². The van der Waals surface area contributed by atoms with Gasteiger partial charge in [-0.3, -0.25) is 0 Å². The van der Waals surface area contributed by atoms with Crippen LogP contribution in [0.3, 0.4) is 0 Å². The van der Waals surface area contributed by atoms with Crippen LogP contribution < -0.4 is 10.6 Å². The third kappa shape index (κ3) is 13.7. The van der Waals surface area contributed by atoms with Crippen molar-refractivity contribution in [2.45, 2.75) is 84.8 Å². The zero-order chi connectivity index (χ0) is 15.4. The highest BCUT2D eigenvalue weighted by Crippen LogP contribution is 2.06. The van der Waals surface area contributed by atoms with Gasteiger partial charge in [0.25, 0.3) is 0 Å². The summed E-state index contributed by atoms with van der Waals surface area (Å²) in [6.07, 6.45) is 7.49. The number of hydrogen-bond acceptors (Lipinski definition) is 3. The fourth-order valence-corrected chi connectivity index (χ4v) is 1.88. The normalized spacial score (nSPS) is 13.1. The minimum atomic E-state index is -0.431. The van der Waals surface area contributed by atoms with E-state index in [1.165, 1.54) is 38.5 Å². The summed E-state index contributed by atoms with van der Waals surface area (Å²) in [6.45, 7) is 11.5. The van der Waals surface area contributed by atoms with Gasteiger partial charge >= 0.3 is 6.09 Å². The van der Waals surface area contributed by atoms with Gasteiger partial charge in [-0.15, -0.1) is 0 Å². The minimum absolute atomic E-state index is 0.276. The van der Waals surface area contributed by atoms with Crippen molar-refractivity contribution in [3.8, 4) is 0 Å². The molecule has 0 saturated carbocycles. The predicted octanol–water partition coefficient (Wildman–Crippen LogP) is 3.85. The lowest BCUT2D eigenvalue weighted by Crippen LogP contribution is -2.41. The molecule has 0 fully saturated rings. The quantitative estimate of drug-likeness (QED) is 0.600. The van der Waals surface area contributed by atoms with E-state index in [2.05, 4.69) is 24.5 Å². The van der Waals surface area contributed by atoms with Crippen LogP contribution in [-0.4, -0.2) is 30.8 Å². The summed E-state index contributed by atoms with van der Waals surface area (Å²) in [7, 11) is 0. The molecule has 0 radical (unpaired) electrons.